The summed E-state index contributed by atoms with van der Waals surface area (Å²) in [6.07, 6.45) is 3.90. The van der Waals surface area contributed by atoms with E-state index in [9.17, 15) is 12.8 Å². The zero-order chi connectivity index (χ0) is 16.3. The third kappa shape index (κ3) is 3.22. The molecule has 0 aliphatic carbocycles. The predicted molar refractivity (Wildman–Crippen MR) is 81.0 cm³/mol. The molecular weight excluding hydrogens is 309 g/mol. The molecular formula is C14H18FN3O3S. The van der Waals surface area contributed by atoms with Crippen molar-refractivity contribution in [1.29, 1.82) is 0 Å². The fourth-order valence-corrected chi connectivity index (χ4v) is 3.33. The van der Waals surface area contributed by atoms with Gasteiger partial charge in [0.05, 0.1) is 23.9 Å². The minimum atomic E-state index is -3.89. The second-order valence-electron chi connectivity index (χ2n) is 4.80. The minimum absolute atomic E-state index is 0.00668. The Morgan fingerprint density at radius 1 is 1.41 bits per heavy atom. The van der Waals surface area contributed by atoms with Crippen LogP contribution in [0.4, 0.5) is 10.1 Å². The van der Waals surface area contributed by atoms with E-state index in [4.69, 9.17) is 4.74 Å². The van der Waals surface area contributed by atoms with Crippen molar-refractivity contribution in [3.8, 4) is 5.75 Å². The molecule has 1 heterocycles. The second kappa shape index (κ2) is 6.35. The number of aromatic nitrogens is 2. The Morgan fingerprint density at radius 2 is 2.14 bits per heavy atom. The van der Waals surface area contributed by atoms with Crippen molar-refractivity contribution in [2.45, 2.75) is 31.7 Å². The summed E-state index contributed by atoms with van der Waals surface area (Å²) >= 11 is 0. The molecule has 0 atom stereocenters. The number of halogens is 1. The number of benzene rings is 1. The molecule has 2 aromatic rings. The third-order valence-corrected chi connectivity index (χ3v) is 4.67. The Labute approximate surface area is 129 Å². The summed E-state index contributed by atoms with van der Waals surface area (Å²) in [5.41, 5.74) is 0.344. The highest BCUT2D eigenvalue weighted by Gasteiger charge is 2.21. The van der Waals surface area contributed by atoms with E-state index in [1.165, 1.54) is 32.4 Å². The van der Waals surface area contributed by atoms with Crippen molar-refractivity contribution < 1.29 is 17.5 Å². The van der Waals surface area contributed by atoms with Gasteiger partial charge in [0.15, 0.2) is 11.6 Å². The van der Waals surface area contributed by atoms with Crippen molar-refractivity contribution in [2.75, 3.05) is 11.8 Å². The standard InChI is InChI=1S/C14H18FN3O3S/c1-4-7-18-9-11(8-16-18)17-22(19,20)13-6-5-12(21-3)14(15)10(13)2/h5-6,8-9,17H,4,7H2,1-3H3. The third-order valence-electron chi connectivity index (χ3n) is 3.15. The fourth-order valence-electron chi connectivity index (χ4n) is 2.07. The molecule has 0 saturated heterocycles. The maximum Gasteiger partial charge on any atom is 0.262 e. The number of sulfonamides is 1. The van der Waals surface area contributed by atoms with Crippen LogP contribution < -0.4 is 9.46 Å². The Morgan fingerprint density at radius 3 is 2.77 bits per heavy atom. The topological polar surface area (TPSA) is 73.2 Å². The smallest absolute Gasteiger partial charge is 0.262 e. The Balaban J connectivity index is 2.32. The highest BCUT2D eigenvalue weighted by Crippen LogP contribution is 2.27. The summed E-state index contributed by atoms with van der Waals surface area (Å²) in [6.45, 7) is 4.08. The normalized spacial score (nSPS) is 11.5. The highest BCUT2D eigenvalue weighted by molar-refractivity contribution is 7.92. The Bertz CT molecular complexity index is 772. The first-order chi connectivity index (χ1) is 10.4. The van der Waals surface area contributed by atoms with E-state index >= 15 is 0 Å². The van der Waals surface area contributed by atoms with Crippen LogP contribution >= 0.6 is 0 Å². The molecule has 8 heteroatoms. The van der Waals surface area contributed by atoms with Crippen LogP contribution in [0.1, 0.15) is 18.9 Å². The van der Waals surface area contributed by atoms with E-state index in [-0.39, 0.29) is 16.2 Å². The summed E-state index contributed by atoms with van der Waals surface area (Å²) in [5.74, 6) is -0.681. The van der Waals surface area contributed by atoms with Crippen molar-refractivity contribution >= 4 is 15.7 Å². The number of aryl methyl sites for hydroxylation is 1. The zero-order valence-corrected chi connectivity index (χ0v) is 13.4. The second-order valence-corrected chi connectivity index (χ2v) is 6.45. The van der Waals surface area contributed by atoms with E-state index in [2.05, 4.69) is 9.82 Å². The van der Waals surface area contributed by atoms with Crippen LogP contribution in [-0.2, 0) is 16.6 Å². The van der Waals surface area contributed by atoms with E-state index in [1.54, 1.807) is 10.9 Å². The maximum absolute atomic E-state index is 14.0. The number of rotatable bonds is 6. The quantitative estimate of drug-likeness (QED) is 0.885. The van der Waals surface area contributed by atoms with E-state index < -0.39 is 15.8 Å². The number of anilines is 1. The molecule has 1 N–H and O–H groups in total. The minimum Gasteiger partial charge on any atom is -0.494 e. The zero-order valence-electron chi connectivity index (χ0n) is 12.6. The monoisotopic (exact) mass is 327 g/mol. The first-order valence-electron chi connectivity index (χ1n) is 6.77. The molecule has 6 nitrogen and oxygen atoms in total. The molecule has 0 fully saturated rings. The van der Waals surface area contributed by atoms with Gasteiger partial charge in [0, 0.05) is 18.3 Å². The molecule has 0 unspecified atom stereocenters. The summed E-state index contributed by atoms with van der Waals surface area (Å²) in [4.78, 5) is -0.131. The van der Waals surface area contributed by atoms with Crippen molar-refractivity contribution in [3.63, 3.8) is 0 Å². The Hall–Kier alpha value is -2.09. The summed E-state index contributed by atoms with van der Waals surface area (Å²) in [6, 6.07) is 2.60. The van der Waals surface area contributed by atoms with Gasteiger partial charge in [0.1, 0.15) is 0 Å². The lowest BCUT2D eigenvalue weighted by atomic mass is 10.2. The number of nitrogens with one attached hydrogen (secondary N) is 1. The predicted octanol–water partition coefficient (Wildman–Crippen LogP) is 2.55. The van der Waals surface area contributed by atoms with Gasteiger partial charge in [0.2, 0.25) is 0 Å². The maximum atomic E-state index is 14.0. The van der Waals surface area contributed by atoms with Gasteiger partial charge in [-0.15, -0.1) is 0 Å². The van der Waals surface area contributed by atoms with Crippen LogP contribution in [-0.4, -0.2) is 25.3 Å². The molecule has 0 saturated carbocycles. The molecule has 1 aromatic carbocycles. The largest absolute Gasteiger partial charge is 0.494 e. The van der Waals surface area contributed by atoms with Gasteiger partial charge in [0.25, 0.3) is 10.0 Å². The fraction of sp³-hybridized carbons (Fsp3) is 0.357. The van der Waals surface area contributed by atoms with Gasteiger partial charge in [-0.05, 0) is 25.5 Å². The van der Waals surface area contributed by atoms with E-state index in [0.29, 0.717) is 12.2 Å². The molecule has 2 rings (SSSR count). The average molecular weight is 327 g/mol. The van der Waals surface area contributed by atoms with E-state index in [1.807, 2.05) is 6.92 Å². The van der Waals surface area contributed by atoms with Gasteiger partial charge < -0.3 is 4.74 Å². The number of ether oxygens (including phenoxy) is 1. The number of hydrogen-bond acceptors (Lipinski definition) is 4. The van der Waals surface area contributed by atoms with Gasteiger partial charge in [-0.2, -0.15) is 5.10 Å². The van der Waals surface area contributed by atoms with Crippen LogP contribution in [0.25, 0.3) is 0 Å². The van der Waals surface area contributed by atoms with Crippen molar-refractivity contribution in [1.82, 2.24) is 9.78 Å². The molecule has 120 valence electrons. The lowest BCUT2D eigenvalue weighted by molar-refractivity contribution is 0.384. The number of hydrogen-bond donors (Lipinski definition) is 1. The van der Waals surface area contributed by atoms with Crippen LogP contribution in [0.5, 0.6) is 5.75 Å². The molecule has 0 amide bonds. The first kappa shape index (κ1) is 16.3. The molecule has 0 radical (unpaired) electrons. The van der Waals surface area contributed by atoms with Gasteiger partial charge in [-0.3, -0.25) is 9.40 Å². The van der Waals surface area contributed by atoms with Crippen LogP contribution in [0.15, 0.2) is 29.4 Å². The van der Waals surface area contributed by atoms with Gasteiger partial charge in [-0.1, -0.05) is 6.92 Å². The van der Waals surface area contributed by atoms with Crippen LogP contribution in [0.3, 0.4) is 0 Å². The Kier molecular flexibility index (Phi) is 4.70. The lowest BCUT2D eigenvalue weighted by Crippen LogP contribution is -2.15. The first-order valence-corrected chi connectivity index (χ1v) is 8.25. The van der Waals surface area contributed by atoms with Crippen LogP contribution in [0.2, 0.25) is 0 Å². The van der Waals surface area contributed by atoms with E-state index in [0.717, 1.165) is 6.42 Å². The molecule has 0 spiro atoms. The van der Waals surface area contributed by atoms with Crippen molar-refractivity contribution in [2.24, 2.45) is 0 Å². The molecule has 0 aliphatic rings. The molecule has 1 aromatic heterocycles. The average Bonchev–Trinajstić information content (AvgIpc) is 2.88. The molecule has 22 heavy (non-hydrogen) atoms. The lowest BCUT2D eigenvalue weighted by Gasteiger charge is -2.11. The van der Waals surface area contributed by atoms with Gasteiger partial charge >= 0.3 is 0 Å². The summed E-state index contributed by atoms with van der Waals surface area (Å²) < 4.78 is 47.7. The van der Waals surface area contributed by atoms with Crippen LogP contribution in [0, 0.1) is 12.7 Å². The van der Waals surface area contributed by atoms with Crippen molar-refractivity contribution in [3.05, 3.63) is 35.9 Å². The number of nitrogens with zero attached hydrogens (tertiary/aromatic N) is 2. The van der Waals surface area contributed by atoms with Gasteiger partial charge in [-0.25, -0.2) is 12.8 Å². The molecule has 0 aliphatic heterocycles. The summed E-state index contributed by atoms with van der Waals surface area (Å²) in [7, 11) is -2.57. The number of methoxy groups -OCH3 is 1. The summed E-state index contributed by atoms with van der Waals surface area (Å²) in [5, 5.41) is 4.05. The molecule has 0 bridgehead atoms. The SMILES string of the molecule is CCCn1cc(NS(=O)(=O)c2ccc(OC)c(F)c2C)cn1. The highest BCUT2D eigenvalue weighted by atomic mass is 32.2.